The van der Waals surface area contributed by atoms with Crippen molar-refractivity contribution in [3.05, 3.63) is 0 Å². The lowest BCUT2D eigenvalue weighted by Gasteiger charge is -2.38. The van der Waals surface area contributed by atoms with E-state index in [9.17, 15) is 9.90 Å². The van der Waals surface area contributed by atoms with E-state index in [2.05, 4.69) is 4.74 Å². The summed E-state index contributed by atoms with van der Waals surface area (Å²) in [6.07, 6.45) is -0.594. The van der Waals surface area contributed by atoms with E-state index >= 15 is 0 Å². The molecule has 1 saturated heterocycles. The number of ether oxygens (including phenoxy) is 2. The van der Waals surface area contributed by atoms with E-state index in [1.807, 2.05) is 6.92 Å². The van der Waals surface area contributed by atoms with Gasteiger partial charge in [0, 0.05) is 5.41 Å². The van der Waals surface area contributed by atoms with Crippen LogP contribution in [-0.2, 0) is 14.3 Å². The van der Waals surface area contributed by atoms with Gasteiger partial charge in [-0.2, -0.15) is 0 Å². The summed E-state index contributed by atoms with van der Waals surface area (Å²) in [7, 11) is 1.27. The third-order valence-electron chi connectivity index (χ3n) is 2.06. The van der Waals surface area contributed by atoms with Crippen LogP contribution in [0.25, 0.3) is 0 Å². The summed E-state index contributed by atoms with van der Waals surface area (Å²) >= 11 is 0. The maximum Gasteiger partial charge on any atom is 0.334 e. The van der Waals surface area contributed by atoms with E-state index in [0.717, 1.165) is 0 Å². The zero-order valence-corrected chi connectivity index (χ0v) is 7.37. The number of rotatable bonds is 3. The average molecular weight is 174 g/mol. The van der Waals surface area contributed by atoms with E-state index in [-0.39, 0.29) is 5.41 Å². The first-order valence-corrected chi connectivity index (χ1v) is 3.91. The van der Waals surface area contributed by atoms with Crippen LogP contribution in [0, 0.1) is 5.41 Å². The van der Waals surface area contributed by atoms with Gasteiger partial charge in [0.2, 0.25) is 0 Å². The molecule has 0 amide bonds. The van der Waals surface area contributed by atoms with Gasteiger partial charge in [0.15, 0.2) is 6.10 Å². The summed E-state index contributed by atoms with van der Waals surface area (Å²) in [6, 6.07) is 0. The molecule has 1 unspecified atom stereocenters. The highest BCUT2D eigenvalue weighted by Gasteiger charge is 2.37. The van der Waals surface area contributed by atoms with Crippen LogP contribution in [0.1, 0.15) is 13.3 Å². The Morgan fingerprint density at radius 3 is 2.67 bits per heavy atom. The molecule has 1 rings (SSSR count). The van der Waals surface area contributed by atoms with Crippen molar-refractivity contribution < 1.29 is 19.4 Å². The second-order valence-electron chi connectivity index (χ2n) is 3.55. The molecule has 0 bridgehead atoms. The molecule has 0 aliphatic carbocycles. The highest BCUT2D eigenvalue weighted by atomic mass is 16.5. The average Bonchev–Trinajstić information content (AvgIpc) is 2.00. The lowest BCUT2D eigenvalue weighted by Crippen LogP contribution is -2.44. The summed E-state index contributed by atoms with van der Waals surface area (Å²) in [4.78, 5) is 10.8. The molecule has 1 aliphatic rings. The quantitative estimate of drug-likeness (QED) is 0.609. The second-order valence-corrected chi connectivity index (χ2v) is 3.55. The summed E-state index contributed by atoms with van der Waals surface area (Å²) in [5, 5.41) is 9.29. The number of hydrogen-bond acceptors (Lipinski definition) is 4. The molecule has 0 saturated carbocycles. The lowest BCUT2D eigenvalue weighted by atomic mass is 9.83. The Balaban J connectivity index is 2.34. The minimum absolute atomic E-state index is 0.0480. The van der Waals surface area contributed by atoms with Crippen molar-refractivity contribution in [2.45, 2.75) is 19.4 Å². The molecule has 0 aromatic heterocycles. The largest absolute Gasteiger partial charge is 0.467 e. The number of hydrogen-bond donors (Lipinski definition) is 1. The van der Waals surface area contributed by atoms with Crippen LogP contribution < -0.4 is 0 Å². The van der Waals surface area contributed by atoms with E-state index in [1.165, 1.54) is 7.11 Å². The van der Waals surface area contributed by atoms with Gasteiger partial charge in [-0.05, 0) is 6.42 Å². The fraction of sp³-hybridized carbons (Fsp3) is 0.875. The number of methoxy groups -OCH3 is 1. The first kappa shape index (κ1) is 9.48. The van der Waals surface area contributed by atoms with Crippen molar-refractivity contribution in [1.29, 1.82) is 0 Å². The molecule has 0 aromatic carbocycles. The first-order chi connectivity index (χ1) is 5.57. The molecule has 1 heterocycles. The minimum atomic E-state index is -1.01. The SMILES string of the molecule is COC(=O)C(O)CC1(C)COC1. The Hall–Kier alpha value is -0.610. The normalized spacial score (nSPS) is 22.6. The number of carbonyl (C=O) groups excluding carboxylic acids is 1. The molecule has 1 fully saturated rings. The third-order valence-corrected chi connectivity index (χ3v) is 2.06. The van der Waals surface area contributed by atoms with Crippen LogP contribution in [0.2, 0.25) is 0 Å². The van der Waals surface area contributed by atoms with Gasteiger partial charge in [-0.3, -0.25) is 0 Å². The molecular weight excluding hydrogens is 160 g/mol. The van der Waals surface area contributed by atoms with Crippen LogP contribution >= 0.6 is 0 Å². The minimum Gasteiger partial charge on any atom is -0.467 e. The molecule has 4 heteroatoms. The van der Waals surface area contributed by atoms with Crippen molar-refractivity contribution in [2.75, 3.05) is 20.3 Å². The van der Waals surface area contributed by atoms with E-state index in [4.69, 9.17) is 4.74 Å². The molecule has 70 valence electrons. The molecule has 4 nitrogen and oxygen atoms in total. The Kier molecular flexibility index (Phi) is 2.69. The summed E-state index contributed by atoms with van der Waals surface area (Å²) in [5.41, 5.74) is -0.0480. The van der Waals surface area contributed by atoms with Crippen LogP contribution in [0.4, 0.5) is 0 Å². The van der Waals surface area contributed by atoms with Gasteiger partial charge < -0.3 is 14.6 Å². The van der Waals surface area contributed by atoms with E-state index in [1.54, 1.807) is 0 Å². The Labute approximate surface area is 71.5 Å². The zero-order valence-electron chi connectivity index (χ0n) is 7.37. The molecular formula is C8H14O4. The van der Waals surface area contributed by atoms with Gasteiger partial charge >= 0.3 is 5.97 Å². The van der Waals surface area contributed by atoms with Crippen molar-refractivity contribution in [3.63, 3.8) is 0 Å². The monoisotopic (exact) mass is 174 g/mol. The van der Waals surface area contributed by atoms with Gasteiger partial charge in [-0.25, -0.2) is 4.79 Å². The zero-order chi connectivity index (χ0) is 9.19. The fourth-order valence-electron chi connectivity index (χ4n) is 1.25. The molecule has 0 spiro atoms. The summed E-state index contributed by atoms with van der Waals surface area (Å²) < 4.78 is 9.39. The third kappa shape index (κ3) is 1.95. The number of carbonyl (C=O) groups is 1. The first-order valence-electron chi connectivity index (χ1n) is 3.91. The molecule has 1 atom stereocenters. The number of esters is 1. The number of aliphatic hydroxyl groups is 1. The van der Waals surface area contributed by atoms with Crippen LogP contribution in [-0.4, -0.2) is 37.5 Å². The highest BCUT2D eigenvalue weighted by molar-refractivity contribution is 5.74. The summed E-state index contributed by atoms with van der Waals surface area (Å²) in [6.45, 7) is 3.20. The van der Waals surface area contributed by atoms with E-state index < -0.39 is 12.1 Å². The molecule has 0 aromatic rings. The van der Waals surface area contributed by atoms with E-state index in [0.29, 0.717) is 19.6 Å². The van der Waals surface area contributed by atoms with Crippen LogP contribution in [0.3, 0.4) is 0 Å². The molecule has 0 radical (unpaired) electrons. The molecule has 1 N–H and O–H groups in total. The fourth-order valence-corrected chi connectivity index (χ4v) is 1.25. The van der Waals surface area contributed by atoms with Crippen molar-refractivity contribution >= 4 is 5.97 Å². The van der Waals surface area contributed by atoms with Crippen LogP contribution in [0.15, 0.2) is 0 Å². The predicted molar refractivity (Wildman–Crippen MR) is 41.6 cm³/mol. The molecule has 1 aliphatic heterocycles. The van der Waals surface area contributed by atoms with Gasteiger partial charge in [0.1, 0.15) is 0 Å². The summed E-state index contributed by atoms with van der Waals surface area (Å²) in [5.74, 6) is -0.567. The Bertz CT molecular complexity index is 174. The van der Waals surface area contributed by atoms with Gasteiger partial charge in [-0.15, -0.1) is 0 Å². The smallest absolute Gasteiger partial charge is 0.334 e. The van der Waals surface area contributed by atoms with Crippen molar-refractivity contribution in [1.82, 2.24) is 0 Å². The maximum absolute atomic E-state index is 10.8. The highest BCUT2D eigenvalue weighted by Crippen LogP contribution is 2.31. The van der Waals surface area contributed by atoms with Gasteiger partial charge in [-0.1, -0.05) is 6.92 Å². The van der Waals surface area contributed by atoms with Gasteiger partial charge in [0.25, 0.3) is 0 Å². The molecule has 12 heavy (non-hydrogen) atoms. The predicted octanol–water partition coefficient (Wildman–Crippen LogP) is -0.0531. The van der Waals surface area contributed by atoms with Crippen molar-refractivity contribution in [3.8, 4) is 0 Å². The Morgan fingerprint density at radius 2 is 2.33 bits per heavy atom. The van der Waals surface area contributed by atoms with Crippen LogP contribution in [0.5, 0.6) is 0 Å². The van der Waals surface area contributed by atoms with Crippen molar-refractivity contribution in [2.24, 2.45) is 5.41 Å². The maximum atomic E-state index is 10.8. The second kappa shape index (κ2) is 3.41. The number of aliphatic hydroxyl groups excluding tert-OH is 1. The lowest BCUT2D eigenvalue weighted by molar-refractivity contribution is -0.160. The Morgan fingerprint density at radius 1 is 1.75 bits per heavy atom. The topological polar surface area (TPSA) is 55.8 Å². The van der Waals surface area contributed by atoms with Gasteiger partial charge in [0.05, 0.1) is 20.3 Å². The standard InChI is InChI=1S/C8H14O4/c1-8(4-12-5-8)3-6(9)7(10)11-2/h6,9H,3-5H2,1-2H3.